The second-order valence-corrected chi connectivity index (χ2v) is 5.41. The summed E-state index contributed by atoms with van der Waals surface area (Å²) in [5.41, 5.74) is 6.20. The minimum absolute atomic E-state index is 0.261. The number of halogens is 2. The molecule has 1 fully saturated rings. The van der Waals surface area contributed by atoms with Crippen LogP contribution in [0, 0.1) is 5.82 Å². The first kappa shape index (κ1) is 13.6. The summed E-state index contributed by atoms with van der Waals surface area (Å²) < 4.78 is 25.3. The highest BCUT2D eigenvalue weighted by Gasteiger charge is 2.42. The van der Waals surface area contributed by atoms with Crippen LogP contribution in [0.15, 0.2) is 10.5 Å². The summed E-state index contributed by atoms with van der Waals surface area (Å²) in [5.74, 6) is 0.621. The molecule has 0 unspecified atom stereocenters. The molecule has 0 heterocycles. The van der Waals surface area contributed by atoms with Crippen LogP contribution >= 0.6 is 15.9 Å². The molecule has 1 aromatic rings. The van der Waals surface area contributed by atoms with Gasteiger partial charge < -0.3 is 15.2 Å². The lowest BCUT2D eigenvalue weighted by atomic mass is 9.64. The van der Waals surface area contributed by atoms with Crippen LogP contribution in [0.1, 0.15) is 24.8 Å². The number of hydrogen-bond donors (Lipinski definition) is 1. The second kappa shape index (κ2) is 5.05. The van der Waals surface area contributed by atoms with Crippen molar-refractivity contribution < 1.29 is 13.9 Å². The Kier molecular flexibility index (Phi) is 3.82. The maximum atomic E-state index is 14.3. The van der Waals surface area contributed by atoms with E-state index in [4.69, 9.17) is 15.2 Å². The van der Waals surface area contributed by atoms with Gasteiger partial charge >= 0.3 is 0 Å². The van der Waals surface area contributed by atoms with Crippen molar-refractivity contribution in [2.75, 3.05) is 20.8 Å². The predicted octanol–water partition coefficient (Wildman–Crippen LogP) is 2.99. The van der Waals surface area contributed by atoms with Crippen molar-refractivity contribution in [2.45, 2.75) is 24.7 Å². The Hall–Kier alpha value is -0.810. The van der Waals surface area contributed by atoms with E-state index in [2.05, 4.69) is 15.9 Å². The SMILES string of the molecule is COc1cc(F)c(C2(CN)CCC2)c(Br)c1OC. The molecule has 3 nitrogen and oxygen atoms in total. The molecule has 0 spiro atoms. The highest BCUT2D eigenvalue weighted by Crippen LogP contribution is 2.51. The molecule has 5 heteroatoms. The Labute approximate surface area is 115 Å². The van der Waals surface area contributed by atoms with Crippen molar-refractivity contribution in [3.8, 4) is 11.5 Å². The standard InChI is InChI=1S/C13H17BrFNO2/c1-17-9-6-8(15)10(11(14)12(9)18-2)13(7-16)4-3-5-13/h6H,3-5,7,16H2,1-2H3. The van der Waals surface area contributed by atoms with E-state index in [-0.39, 0.29) is 11.2 Å². The maximum Gasteiger partial charge on any atom is 0.175 e. The summed E-state index contributed by atoms with van der Waals surface area (Å²) in [6.07, 6.45) is 2.90. The highest BCUT2D eigenvalue weighted by atomic mass is 79.9. The molecule has 18 heavy (non-hydrogen) atoms. The molecule has 0 radical (unpaired) electrons. The Bertz CT molecular complexity index is 455. The lowest BCUT2D eigenvalue weighted by Crippen LogP contribution is -2.42. The zero-order valence-corrected chi connectivity index (χ0v) is 12.1. The fraction of sp³-hybridized carbons (Fsp3) is 0.538. The van der Waals surface area contributed by atoms with Gasteiger partial charge in [-0.2, -0.15) is 0 Å². The van der Waals surface area contributed by atoms with Crippen LogP contribution in [0.3, 0.4) is 0 Å². The molecule has 1 aliphatic carbocycles. The van der Waals surface area contributed by atoms with E-state index in [1.54, 1.807) is 7.11 Å². The van der Waals surface area contributed by atoms with Gasteiger partial charge in [0.05, 0.1) is 18.7 Å². The Morgan fingerprint density at radius 3 is 2.44 bits per heavy atom. The van der Waals surface area contributed by atoms with Gasteiger partial charge in [0.25, 0.3) is 0 Å². The quantitative estimate of drug-likeness (QED) is 0.928. The summed E-state index contributed by atoms with van der Waals surface area (Å²) in [5, 5.41) is 0. The molecule has 1 aliphatic rings. The second-order valence-electron chi connectivity index (χ2n) is 4.62. The van der Waals surface area contributed by atoms with Gasteiger partial charge in [0.1, 0.15) is 5.82 Å². The molecule has 2 rings (SSSR count). The molecule has 0 amide bonds. The van der Waals surface area contributed by atoms with E-state index >= 15 is 0 Å². The van der Waals surface area contributed by atoms with E-state index in [1.165, 1.54) is 13.2 Å². The van der Waals surface area contributed by atoms with E-state index in [1.807, 2.05) is 0 Å². The Balaban J connectivity index is 2.61. The molecule has 100 valence electrons. The van der Waals surface area contributed by atoms with Crippen LogP contribution < -0.4 is 15.2 Å². The van der Waals surface area contributed by atoms with Crippen LogP contribution in [0.5, 0.6) is 11.5 Å². The average molecular weight is 318 g/mol. The molecule has 0 aromatic heterocycles. The molecule has 2 N–H and O–H groups in total. The van der Waals surface area contributed by atoms with Gasteiger partial charge in [-0.25, -0.2) is 4.39 Å². The Morgan fingerprint density at radius 2 is 2.06 bits per heavy atom. The number of benzene rings is 1. The van der Waals surface area contributed by atoms with Crippen LogP contribution in [0.25, 0.3) is 0 Å². The maximum absolute atomic E-state index is 14.3. The zero-order chi connectivity index (χ0) is 13.3. The number of methoxy groups -OCH3 is 2. The van der Waals surface area contributed by atoms with Gasteiger partial charge in [-0.15, -0.1) is 0 Å². The lowest BCUT2D eigenvalue weighted by Gasteiger charge is -2.42. The van der Waals surface area contributed by atoms with Crippen LogP contribution in [-0.2, 0) is 5.41 Å². The average Bonchev–Trinajstić information content (AvgIpc) is 2.31. The van der Waals surface area contributed by atoms with Crippen LogP contribution in [0.4, 0.5) is 4.39 Å². The molecule has 1 aromatic carbocycles. The molecule has 0 aliphatic heterocycles. The summed E-state index contributed by atoms with van der Waals surface area (Å²) >= 11 is 3.43. The summed E-state index contributed by atoms with van der Waals surface area (Å²) in [7, 11) is 3.03. The molecule has 0 saturated heterocycles. The minimum atomic E-state index is -0.287. The third-order valence-electron chi connectivity index (χ3n) is 3.80. The number of hydrogen-bond acceptors (Lipinski definition) is 3. The smallest absolute Gasteiger partial charge is 0.175 e. The third kappa shape index (κ3) is 1.89. The third-order valence-corrected chi connectivity index (χ3v) is 4.55. The zero-order valence-electron chi connectivity index (χ0n) is 10.6. The van der Waals surface area contributed by atoms with Crippen molar-refractivity contribution >= 4 is 15.9 Å². The fourth-order valence-electron chi connectivity index (χ4n) is 2.57. The first-order chi connectivity index (χ1) is 8.59. The van der Waals surface area contributed by atoms with Crippen molar-refractivity contribution in [1.29, 1.82) is 0 Å². The first-order valence-electron chi connectivity index (χ1n) is 5.90. The fourth-order valence-corrected chi connectivity index (χ4v) is 3.53. The first-order valence-corrected chi connectivity index (χ1v) is 6.69. The predicted molar refractivity (Wildman–Crippen MR) is 71.8 cm³/mol. The van der Waals surface area contributed by atoms with E-state index in [0.717, 1.165) is 19.3 Å². The van der Waals surface area contributed by atoms with Crippen molar-refractivity contribution in [3.05, 3.63) is 21.9 Å². The molecule has 0 atom stereocenters. The lowest BCUT2D eigenvalue weighted by molar-refractivity contribution is 0.241. The number of nitrogens with two attached hydrogens (primary N) is 1. The molecular weight excluding hydrogens is 301 g/mol. The topological polar surface area (TPSA) is 44.5 Å². The normalized spacial score (nSPS) is 17.2. The Morgan fingerprint density at radius 1 is 1.39 bits per heavy atom. The monoisotopic (exact) mass is 317 g/mol. The largest absolute Gasteiger partial charge is 0.493 e. The van der Waals surface area contributed by atoms with E-state index < -0.39 is 0 Å². The van der Waals surface area contributed by atoms with Gasteiger partial charge in [0, 0.05) is 23.6 Å². The molecule has 0 bridgehead atoms. The van der Waals surface area contributed by atoms with Crippen molar-refractivity contribution in [2.24, 2.45) is 5.73 Å². The van der Waals surface area contributed by atoms with Gasteiger partial charge in [-0.05, 0) is 28.8 Å². The highest BCUT2D eigenvalue weighted by molar-refractivity contribution is 9.10. The molecule has 1 saturated carbocycles. The summed E-state index contributed by atoms with van der Waals surface area (Å²) in [6.45, 7) is 0.442. The summed E-state index contributed by atoms with van der Waals surface area (Å²) in [4.78, 5) is 0. The number of ether oxygens (including phenoxy) is 2. The summed E-state index contributed by atoms with van der Waals surface area (Å²) in [6, 6.07) is 1.37. The van der Waals surface area contributed by atoms with Crippen LogP contribution in [-0.4, -0.2) is 20.8 Å². The van der Waals surface area contributed by atoms with Gasteiger partial charge in [0.15, 0.2) is 11.5 Å². The van der Waals surface area contributed by atoms with Crippen molar-refractivity contribution in [3.63, 3.8) is 0 Å². The van der Waals surface area contributed by atoms with Gasteiger partial charge in [-0.3, -0.25) is 0 Å². The van der Waals surface area contributed by atoms with Gasteiger partial charge in [-0.1, -0.05) is 6.42 Å². The van der Waals surface area contributed by atoms with E-state index in [9.17, 15) is 4.39 Å². The van der Waals surface area contributed by atoms with Crippen LogP contribution in [0.2, 0.25) is 0 Å². The van der Waals surface area contributed by atoms with Gasteiger partial charge in [0.2, 0.25) is 0 Å². The number of rotatable bonds is 4. The minimum Gasteiger partial charge on any atom is -0.493 e. The van der Waals surface area contributed by atoms with Crippen molar-refractivity contribution in [1.82, 2.24) is 0 Å². The van der Waals surface area contributed by atoms with E-state index in [0.29, 0.717) is 28.1 Å². The molecular formula is C13H17BrFNO2.